The molecule has 1 N–H and O–H groups in total. The predicted molar refractivity (Wildman–Crippen MR) is 101 cm³/mol. The highest BCUT2D eigenvalue weighted by atomic mass is 19.1. The molecule has 1 saturated heterocycles. The molecule has 3 aromatic rings. The topological polar surface area (TPSA) is 59.4 Å². The number of hydrogen-bond acceptors (Lipinski definition) is 4. The summed E-state index contributed by atoms with van der Waals surface area (Å²) in [7, 11) is 0. The summed E-state index contributed by atoms with van der Waals surface area (Å²) >= 11 is 0. The summed E-state index contributed by atoms with van der Waals surface area (Å²) in [5.41, 5.74) is 3.30. The van der Waals surface area contributed by atoms with Crippen molar-refractivity contribution < 1.29 is 13.9 Å². The van der Waals surface area contributed by atoms with E-state index in [-0.39, 0.29) is 24.5 Å². The number of nitrogens with zero attached hydrogens (tertiary/aromatic N) is 3. The van der Waals surface area contributed by atoms with Gasteiger partial charge in [-0.25, -0.2) is 9.07 Å². The molecule has 3 heterocycles. The largest absolute Gasteiger partial charge is 0.356 e. The van der Waals surface area contributed by atoms with Gasteiger partial charge >= 0.3 is 0 Å². The highest BCUT2D eigenvalue weighted by Gasteiger charge is 2.26. The van der Waals surface area contributed by atoms with Crippen molar-refractivity contribution in [2.24, 2.45) is 0 Å². The van der Waals surface area contributed by atoms with Crippen LogP contribution >= 0.6 is 0 Å². The Balaban J connectivity index is 1.60. The number of halogens is 1. The lowest BCUT2D eigenvalue weighted by Crippen LogP contribution is -2.35. The third kappa shape index (κ3) is 2.84. The van der Waals surface area contributed by atoms with Gasteiger partial charge in [0.1, 0.15) is 12.4 Å². The van der Waals surface area contributed by atoms with Crippen molar-refractivity contribution in [3.05, 3.63) is 48.4 Å². The Morgan fingerprint density at radius 2 is 2.04 bits per heavy atom. The van der Waals surface area contributed by atoms with Gasteiger partial charge in [0, 0.05) is 17.7 Å². The number of fused-ring (bicyclic) bond motifs is 2. The number of ether oxygens (including phenoxy) is 1. The lowest BCUT2D eigenvalue weighted by molar-refractivity contribution is -0.115. The molecule has 0 bridgehead atoms. The van der Waals surface area contributed by atoms with Gasteiger partial charge in [-0.2, -0.15) is 5.10 Å². The second kappa shape index (κ2) is 6.35. The van der Waals surface area contributed by atoms with E-state index in [1.54, 1.807) is 12.1 Å². The van der Waals surface area contributed by atoms with Gasteiger partial charge in [-0.3, -0.25) is 4.79 Å². The fourth-order valence-corrected chi connectivity index (χ4v) is 3.82. The molecule has 0 saturated carbocycles. The highest BCUT2D eigenvalue weighted by molar-refractivity contribution is 6.06. The Kier molecular flexibility index (Phi) is 3.82. The molecule has 0 radical (unpaired) electrons. The van der Waals surface area contributed by atoms with Gasteiger partial charge in [-0.1, -0.05) is 0 Å². The quantitative estimate of drug-likeness (QED) is 0.746. The van der Waals surface area contributed by atoms with Crippen LogP contribution in [0, 0.1) is 5.82 Å². The van der Waals surface area contributed by atoms with E-state index in [1.807, 2.05) is 27.9 Å². The average Bonchev–Trinajstić information content (AvgIpc) is 3.10. The zero-order valence-electron chi connectivity index (χ0n) is 14.7. The average molecular weight is 366 g/mol. The van der Waals surface area contributed by atoms with Crippen molar-refractivity contribution in [3.8, 4) is 0 Å². The number of anilines is 3. The third-order valence-electron chi connectivity index (χ3n) is 5.15. The van der Waals surface area contributed by atoms with Gasteiger partial charge in [0.05, 0.1) is 23.1 Å². The zero-order valence-corrected chi connectivity index (χ0v) is 14.7. The van der Waals surface area contributed by atoms with Crippen LogP contribution in [-0.2, 0) is 9.53 Å². The summed E-state index contributed by atoms with van der Waals surface area (Å²) in [6, 6.07) is 10.1. The molecule has 0 spiro atoms. The molecule has 0 aliphatic carbocycles. The summed E-state index contributed by atoms with van der Waals surface area (Å²) in [6.07, 6.45) is 4.89. The molecule has 1 unspecified atom stereocenters. The maximum absolute atomic E-state index is 13.3. The molecule has 5 rings (SSSR count). The lowest BCUT2D eigenvalue weighted by atomic mass is 10.1. The summed E-state index contributed by atoms with van der Waals surface area (Å²) < 4.78 is 21.1. The van der Waals surface area contributed by atoms with Gasteiger partial charge in [0.25, 0.3) is 0 Å². The van der Waals surface area contributed by atoms with E-state index in [1.165, 1.54) is 12.1 Å². The third-order valence-corrected chi connectivity index (χ3v) is 5.15. The van der Waals surface area contributed by atoms with Gasteiger partial charge in [0.2, 0.25) is 5.91 Å². The molecule has 6 nitrogen and oxygen atoms in total. The van der Waals surface area contributed by atoms with Crippen molar-refractivity contribution in [2.75, 3.05) is 23.4 Å². The minimum absolute atomic E-state index is 0.0678. The minimum atomic E-state index is -0.301. The first-order valence-corrected chi connectivity index (χ1v) is 9.15. The van der Waals surface area contributed by atoms with Crippen LogP contribution in [0.4, 0.5) is 21.5 Å². The van der Waals surface area contributed by atoms with Gasteiger partial charge in [-0.15, -0.1) is 0 Å². The van der Waals surface area contributed by atoms with E-state index >= 15 is 0 Å². The Bertz CT molecular complexity index is 1010. The van der Waals surface area contributed by atoms with E-state index in [4.69, 9.17) is 4.74 Å². The number of benzene rings is 2. The predicted octanol–water partition coefficient (Wildman–Crippen LogP) is 3.96. The van der Waals surface area contributed by atoms with E-state index in [9.17, 15) is 9.18 Å². The molecular formula is C20H19FN4O2. The van der Waals surface area contributed by atoms with Crippen LogP contribution in [-0.4, -0.2) is 28.8 Å². The Hall–Kier alpha value is -2.93. The molecule has 1 amide bonds. The number of aromatic nitrogens is 2. The van der Waals surface area contributed by atoms with Gasteiger partial charge in [0.15, 0.2) is 6.23 Å². The normalized spacial score (nSPS) is 19.8. The smallest absolute Gasteiger partial charge is 0.244 e. The highest BCUT2D eigenvalue weighted by Crippen LogP contribution is 2.39. The molecule has 7 heteroatoms. The van der Waals surface area contributed by atoms with Gasteiger partial charge in [-0.05, 0) is 55.7 Å². The first kappa shape index (κ1) is 16.3. The van der Waals surface area contributed by atoms with Crippen molar-refractivity contribution >= 4 is 33.9 Å². The van der Waals surface area contributed by atoms with Crippen LogP contribution in [0.2, 0.25) is 0 Å². The number of rotatable bonds is 2. The molecule has 1 fully saturated rings. The van der Waals surface area contributed by atoms with Crippen LogP contribution in [0.15, 0.2) is 42.6 Å². The number of hydrogen-bond donors (Lipinski definition) is 1. The number of carbonyl (C=O) groups excluding carboxylic acids is 1. The lowest BCUT2D eigenvalue weighted by Gasteiger charge is -2.31. The van der Waals surface area contributed by atoms with Crippen molar-refractivity contribution in [1.82, 2.24) is 9.78 Å². The minimum Gasteiger partial charge on any atom is -0.356 e. The number of amides is 1. The van der Waals surface area contributed by atoms with E-state index < -0.39 is 0 Å². The Morgan fingerprint density at radius 3 is 2.81 bits per heavy atom. The van der Waals surface area contributed by atoms with Crippen LogP contribution < -0.4 is 10.2 Å². The SMILES string of the molecule is O=C1CN(c2ccc(F)cc2)c2cc3cnn(C4CCCCO4)c3cc2N1. The molecule has 2 aliphatic rings. The van der Waals surface area contributed by atoms with Crippen molar-refractivity contribution in [1.29, 1.82) is 0 Å². The monoisotopic (exact) mass is 366 g/mol. The first-order valence-electron chi connectivity index (χ1n) is 9.15. The van der Waals surface area contributed by atoms with Crippen molar-refractivity contribution in [2.45, 2.75) is 25.5 Å². The fourth-order valence-electron chi connectivity index (χ4n) is 3.82. The Morgan fingerprint density at radius 1 is 1.19 bits per heavy atom. The maximum Gasteiger partial charge on any atom is 0.244 e. The molecule has 2 aliphatic heterocycles. The van der Waals surface area contributed by atoms with Gasteiger partial charge < -0.3 is 15.0 Å². The van der Waals surface area contributed by atoms with Crippen LogP contribution in [0.1, 0.15) is 25.5 Å². The first-order chi connectivity index (χ1) is 13.2. The standard InChI is InChI=1S/C20H19FN4O2/c21-14-4-6-15(7-5-14)24-12-19(26)23-16-10-17-13(9-18(16)24)11-22-25(17)20-3-1-2-8-27-20/h4-7,9-11,20H,1-3,8,12H2,(H,23,26). The fraction of sp³-hybridized carbons (Fsp3) is 0.300. The molecule has 138 valence electrons. The van der Waals surface area contributed by atoms with Crippen LogP contribution in [0.3, 0.4) is 0 Å². The second-order valence-electron chi connectivity index (χ2n) is 6.95. The van der Waals surface area contributed by atoms with E-state index in [0.29, 0.717) is 0 Å². The van der Waals surface area contributed by atoms with Crippen LogP contribution in [0.5, 0.6) is 0 Å². The molecule has 27 heavy (non-hydrogen) atoms. The zero-order chi connectivity index (χ0) is 18.4. The summed E-state index contributed by atoms with van der Waals surface area (Å²) in [6.45, 7) is 0.927. The molecule has 1 aromatic heterocycles. The molecule has 2 aromatic carbocycles. The van der Waals surface area contributed by atoms with Crippen LogP contribution in [0.25, 0.3) is 10.9 Å². The maximum atomic E-state index is 13.3. The van der Waals surface area contributed by atoms with Crippen molar-refractivity contribution in [3.63, 3.8) is 0 Å². The van der Waals surface area contributed by atoms with E-state index in [2.05, 4.69) is 10.4 Å². The summed E-state index contributed by atoms with van der Waals surface area (Å²) in [5.74, 6) is -0.407. The number of nitrogens with one attached hydrogen (secondary N) is 1. The summed E-state index contributed by atoms with van der Waals surface area (Å²) in [4.78, 5) is 14.2. The summed E-state index contributed by atoms with van der Waals surface area (Å²) in [5, 5.41) is 8.45. The Labute approximate surface area is 155 Å². The molecule has 1 atom stereocenters. The number of carbonyl (C=O) groups is 1. The van der Waals surface area contributed by atoms with E-state index in [0.717, 1.165) is 53.8 Å². The molecular weight excluding hydrogens is 347 g/mol. The second-order valence-corrected chi connectivity index (χ2v) is 6.95.